The molecule has 1 saturated heterocycles. The van der Waals surface area contributed by atoms with Crippen LogP contribution in [0.1, 0.15) is 5.69 Å². The minimum atomic E-state index is 0.734. The number of methoxy groups -OCH3 is 2. The third-order valence-corrected chi connectivity index (χ3v) is 3.80. The van der Waals surface area contributed by atoms with Gasteiger partial charge in [0.15, 0.2) is 0 Å². The summed E-state index contributed by atoms with van der Waals surface area (Å²) in [5.41, 5.74) is 1.94. The Kier molecular flexibility index (Phi) is 4.55. The van der Waals surface area contributed by atoms with Gasteiger partial charge in [-0.3, -0.25) is 4.90 Å². The summed E-state index contributed by atoms with van der Waals surface area (Å²) in [4.78, 5) is 2.39. The van der Waals surface area contributed by atoms with Crippen molar-refractivity contribution >= 4 is 0 Å². The highest BCUT2D eigenvalue weighted by Crippen LogP contribution is 2.25. The van der Waals surface area contributed by atoms with Crippen molar-refractivity contribution in [3.05, 3.63) is 30.1 Å². The van der Waals surface area contributed by atoms with Crippen LogP contribution in [0.5, 0.6) is 11.5 Å². The Labute approximate surface area is 129 Å². The fourth-order valence-corrected chi connectivity index (χ4v) is 2.59. The molecule has 1 aliphatic rings. The first-order chi connectivity index (χ1) is 10.8. The van der Waals surface area contributed by atoms with E-state index in [0.717, 1.165) is 55.6 Å². The van der Waals surface area contributed by atoms with E-state index in [2.05, 4.69) is 20.5 Å². The molecule has 22 heavy (non-hydrogen) atoms. The number of rotatable bonds is 5. The third-order valence-electron chi connectivity index (χ3n) is 3.80. The molecule has 1 aliphatic heterocycles. The van der Waals surface area contributed by atoms with E-state index in [1.165, 1.54) is 0 Å². The van der Waals surface area contributed by atoms with Crippen molar-refractivity contribution in [2.24, 2.45) is 0 Å². The van der Waals surface area contributed by atoms with Gasteiger partial charge in [0.2, 0.25) is 0 Å². The van der Waals surface area contributed by atoms with Gasteiger partial charge in [-0.15, -0.1) is 5.10 Å². The second-order valence-electron chi connectivity index (χ2n) is 5.23. The molecule has 0 bridgehead atoms. The van der Waals surface area contributed by atoms with Gasteiger partial charge in [0.1, 0.15) is 11.5 Å². The predicted molar refractivity (Wildman–Crippen MR) is 82.6 cm³/mol. The van der Waals surface area contributed by atoms with Crippen molar-refractivity contribution in [3.63, 3.8) is 0 Å². The molecule has 7 heteroatoms. The van der Waals surface area contributed by atoms with Gasteiger partial charge in [0, 0.05) is 50.9 Å². The molecule has 3 rings (SSSR count). The summed E-state index contributed by atoms with van der Waals surface area (Å²) in [5.74, 6) is 1.47. The molecule has 0 unspecified atom stereocenters. The number of benzene rings is 1. The van der Waals surface area contributed by atoms with E-state index in [1.807, 2.05) is 29.1 Å². The van der Waals surface area contributed by atoms with Crippen LogP contribution < -0.4 is 14.8 Å². The normalized spacial score (nSPS) is 15.7. The summed E-state index contributed by atoms with van der Waals surface area (Å²) in [5, 5.41) is 11.6. The lowest BCUT2D eigenvalue weighted by atomic mass is 10.2. The zero-order valence-electron chi connectivity index (χ0n) is 13.0. The molecule has 1 aromatic carbocycles. The van der Waals surface area contributed by atoms with Gasteiger partial charge in [0.25, 0.3) is 0 Å². The van der Waals surface area contributed by atoms with Crippen LogP contribution in [-0.4, -0.2) is 60.3 Å². The third kappa shape index (κ3) is 3.20. The van der Waals surface area contributed by atoms with Gasteiger partial charge in [-0.25, -0.2) is 4.68 Å². The van der Waals surface area contributed by atoms with E-state index < -0.39 is 0 Å². The lowest BCUT2D eigenvalue weighted by molar-refractivity contribution is 0.229. The zero-order valence-corrected chi connectivity index (χ0v) is 13.0. The highest BCUT2D eigenvalue weighted by molar-refractivity contribution is 5.46. The molecule has 1 fully saturated rings. The van der Waals surface area contributed by atoms with Crippen LogP contribution in [0.15, 0.2) is 24.4 Å². The van der Waals surface area contributed by atoms with Gasteiger partial charge < -0.3 is 14.8 Å². The van der Waals surface area contributed by atoms with Gasteiger partial charge >= 0.3 is 0 Å². The first-order valence-electron chi connectivity index (χ1n) is 7.36. The highest BCUT2D eigenvalue weighted by atomic mass is 16.5. The van der Waals surface area contributed by atoms with E-state index in [1.54, 1.807) is 14.2 Å². The van der Waals surface area contributed by atoms with Crippen molar-refractivity contribution in [3.8, 4) is 17.2 Å². The maximum atomic E-state index is 5.33. The number of hydrogen-bond donors (Lipinski definition) is 1. The largest absolute Gasteiger partial charge is 0.497 e. The molecule has 0 saturated carbocycles. The Morgan fingerprint density at radius 1 is 1.09 bits per heavy atom. The average Bonchev–Trinajstić information content (AvgIpc) is 3.03. The summed E-state index contributed by atoms with van der Waals surface area (Å²) in [6, 6.07) is 5.70. The first kappa shape index (κ1) is 14.8. The lowest BCUT2D eigenvalue weighted by Crippen LogP contribution is -2.43. The molecule has 2 aromatic rings. The SMILES string of the molecule is COc1cc(OC)cc(-n2nncc2CN2CCNCC2)c1. The zero-order chi connectivity index (χ0) is 15.4. The summed E-state index contributed by atoms with van der Waals surface area (Å²) in [6.45, 7) is 4.94. The minimum absolute atomic E-state index is 0.734. The van der Waals surface area contributed by atoms with Crippen molar-refractivity contribution in [1.82, 2.24) is 25.2 Å². The lowest BCUT2D eigenvalue weighted by Gasteiger charge is -2.27. The quantitative estimate of drug-likeness (QED) is 0.877. The number of nitrogens with zero attached hydrogens (tertiary/aromatic N) is 4. The topological polar surface area (TPSA) is 64.4 Å². The molecule has 1 N–H and O–H groups in total. The minimum Gasteiger partial charge on any atom is -0.497 e. The maximum absolute atomic E-state index is 5.33. The van der Waals surface area contributed by atoms with Crippen LogP contribution in [0.25, 0.3) is 5.69 Å². The fraction of sp³-hybridized carbons (Fsp3) is 0.467. The second-order valence-corrected chi connectivity index (χ2v) is 5.23. The molecule has 0 amide bonds. The number of piperazine rings is 1. The number of aromatic nitrogens is 3. The number of hydrogen-bond acceptors (Lipinski definition) is 6. The molecule has 2 heterocycles. The van der Waals surface area contributed by atoms with Gasteiger partial charge in [0.05, 0.1) is 31.8 Å². The standard InChI is InChI=1S/C15H21N5O2/c1-21-14-7-12(8-15(9-14)22-2)20-13(10-17-18-20)11-19-5-3-16-4-6-19/h7-10,16H,3-6,11H2,1-2H3. The Morgan fingerprint density at radius 2 is 1.77 bits per heavy atom. The molecule has 0 spiro atoms. The molecule has 1 aromatic heterocycles. The summed E-state index contributed by atoms with van der Waals surface area (Å²) in [6.07, 6.45) is 1.81. The molecule has 7 nitrogen and oxygen atoms in total. The number of ether oxygens (including phenoxy) is 2. The summed E-state index contributed by atoms with van der Waals surface area (Å²) in [7, 11) is 3.28. The van der Waals surface area contributed by atoms with Gasteiger partial charge in [-0.05, 0) is 0 Å². The van der Waals surface area contributed by atoms with Crippen molar-refractivity contribution in [2.75, 3.05) is 40.4 Å². The second kappa shape index (κ2) is 6.76. The van der Waals surface area contributed by atoms with Gasteiger partial charge in [-0.1, -0.05) is 5.21 Å². The molecule has 0 aliphatic carbocycles. The smallest absolute Gasteiger partial charge is 0.124 e. The van der Waals surface area contributed by atoms with Gasteiger partial charge in [-0.2, -0.15) is 0 Å². The van der Waals surface area contributed by atoms with E-state index in [-0.39, 0.29) is 0 Å². The molecule has 118 valence electrons. The van der Waals surface area contributed by atoms with Crippen molar-refractivity contribution in [2.45, 2.75) is 6.54 Å². The molecular weight excluding hydrogens is 282 g/mol. The Morgan fingerprint density at radius 3 is 2.41 bits per heavy atom. The first-order valence-corrected chi connectivity index (χ1v) is 7.36. The predicted octanol–water partition coefficient (Wildman–Crippen LogP) is 0.690. The summed E-state index contributed by atoms with van der Waals surface area (Å²) < 4.78 is 12.5. The Bertz CT molecular complexity index is 600. The number of nitrogens with one attached hydrogen (secondary N) is 1. The van der Waals surface area contributed by atoms with Crippen LogP contribution in [-0.2, 0) is 6.54 Å². The molecular formula is C15H21N5O2. The van der Waals surface area contributed by atoms with Crippen LogP contribution in [0.3, 0.4) is 0 Å². The molecule has 0 atom stereocenters. The van der Waals surface area contributed by atoms with E-state index in [4.69, 9.17) is 9.47 Å². The van der Waals surface area contributed by atoms with Crippen LogP contribution in [0, 0.1) is 0 Å². The van der Waals surface area contributed by atoms with E-state index in [9.17, 15) is 0 Å². The highest BCUT2D eigenvalue weighted by Gasteiger charge is 2.15. The Balaban J connectivity index is 1.87. The van der Waals surface area contributed by atoms with E-state index >= 15 is 0 Å². The Hall–Kier alpha value is -2.12. The van der Waals surface area contributed by atoms with E-state index in [0.29, 0.717) is 0 Å². The van der Waals surface area contributed by atoms with Crippen LogP contribution in [0.2, 0.25) is 0 Å². The van der Waals surface area contributed by atoms with Crippen LogP contribution in [0.4, 0.5) is 0 Å². The van der Waals surface area contributed by atoms with Crippen LogP contribution >= 0.6 is 0 Å². The monoisotopic (exact) mass is 303 g/mol. The van der Waals surface area contributed by atoms with Crippen molar-refractivity contribution < 1.29 is 9.47 Å². The van der Waals surface area contributed by atoms with Crippen molar-refractivity contribution in [1.29, 1.82) is 0 Å². The maximum Gasteiger partial charge on any atom is 0.124 e. The average molecular weight is 303 g/mol. The summed E-state index contributed by atoms with van der Waals surface area (Å²) >= 11 is 0. The fourth-order valence-electron chi connectivity index (χ4n) is 2.59. The molecule has 0 radical (unpaired) electrons.